The number of rotatable bonds is 5. The second-order valence-electron chi connectivity index (χ2n) is 4.52. The Balaban J connectivity index is 3.10. The lowest BCUT2D eigenvalue weighted by molar-refractivity contribution is -0.141. The van der Waals surface area contributed by atoms with Crippen LogP contribution in [0.15, 0.2) is 18.2 Å². The highest BCUT2D eigenvalue weighted by molar-refractivity contribution is 6.01. The van der Waals surface area contributed by atoms with Gasteiger partial charge in [0.05, 0.1) is 25.5 Å². The van der Waals surface area contributed by atoms with Gasteiger partial charge in [-0.3, -0.25) is 9.59 Å². The molecule has 0 aliphatic rings. The highest BCUT2D eigenvalue weighted by Crippen LogP contribution is 2.26. The lowest BCUT2D eigenvalue weighted by Crippen LogP contribution is -2.41. The van der Waals surface area contributed by atoms with Crippen molar-refractivity contribution < 1.29 is 19.1 Å². The van der Waals surface area contributed by atoms with Crippen LogP contribution in [-0.4, -0.2) is 43.6 Å². The average molecular weight is 280 g/mol. The predicted molar refractivity (Wildman–Crippen MR) is 75.6 cm³/mol. The van der Waals surface area contributed by atoms with Crippen molar-refractivity contribution in [1.29, 1.82) is 0 Å². The summed E-state index contributed by atoms with van der Waals surface area (Å²) in [4.78, 5) is 25.3. The molecule has 0 radical (unpaired) electrons. The number of benzene rings is 1. The molecule has 0 aliphatic carbocycles. The van der Waals surface area contributed by atoms with Crippen molar-refractivity contribution in [2.24, 2.45) is 0 Å². The highest BCUT2D eigenvalue weighted by Gasteiger charge is 2.24. The van der Waals surface area contributed by atoms with Crippen LogP contribution in [0.25, 0.3) is 0 Å². The number of nitrogen functional groups attached to an aromatic ring is 1. The van der Waals surface area contributed by atoms with Crippen LogP contribution in [-0.2, 0) is 9.53 Å². The van der Waals surface area contributed by atoms with Crippen LogP contribution in [0.4, 0.5) is 5.69 Å². The number of hydrogen-bond acceptors (Lipinski definition) is 5. The zero-order valence-corrected chi connectivity index (χ0v) is 12.2. The van der Waals surface area contributed by atoms with Crippen LogP contribution in [0.1, 0.15) is 24.2 Å². The monoisotopic (exact) mass is 280 g/mol. The first-order chi connectivity index (χ1) is 9.42. The lowest BCUT2D eigenvalue weighted by atomic mass is 10.1. The van der Waals surface area contributed by atoms with Crippen LogP contribution >= 0.6 is 0 Å². The minimum absolute atomic E-state index is 0.121. The topological polar surface area (TPSA) is 81.9 Å². The van der Waals surface area contributed by atoms with E-state index in [-0.39, 0.29) is 24.2 Å². The molecule has 0 aliphatic heterocycles. The van der Waals surface area contributed by atoms with E-state index in [4.69, 9.17) is 10.5 Å². The summed E-state index contributed by atoms with van der Waals surface area (Å²) in [5.41, 5.74) is 6.47. The summed E-state index contributed by atoms with van der Waals surface area (Å²) in [7, 11) is 2.76. The third-order valence-electron chi connectivity index (χ3n) is 2.93. The van der Waals surface area contributed by atoms with Crippen molar-refractivity contribution in [1.82, 2.24) is 4.90 Å². The highest BCUT2D eigenvalue weighted by atomic mass is 16.5. The summed E-state index contributed by atoms with van der Waals surface area (Å²) in [5, 5.41) is 0. The van der Waals surface area contributed by atoms with Gasteiger partial charge in [-0.25, -0.2) is 0 Å². The van der Waals surface area contributed by atoms with Crippen molar-refractivity contribution in [2.45, 2.75) is 19.9 Å². The molecule has 0 spiro atoms. The van der Waals surface area contributed by atoms with Gasteiger partial charge in [0.1, 0.15) is 12.3 Å². The molecule has 1 aromatic rings. The fourth-order valence-corrected chi connectivity index (χ4v) is 1.76. The third-order valence-corrected chi connectivity index (χ3v) is 2.93. The van der Waals surface area contributed by atoms with E-state index in [1.807, 2.05) is 13.8 Å². The minimum Gasteiger partial charge on any atom is -0.495 e. The maximum atomic E-state index is 12.5. The average Bonchev–Trinajstić information content (AvgIpc) is 2.43. The Labute approximate surface area is 118 Å². The summed E-state index contributed by atoms with van der Waals surface area (Å²) in [6.45, 7) is 3.51. The van der Waals surface area contributed by atoms with Crippen molar-refractivity contribution in [2.75, 3.05) is 26.5 Å². The van der Waals surface area contributed by atoms with E-state index >= 15 is 0 Å². The van der Waals surface area contributed by atoms with Gasteiger partial charge in [-0.1, -0.05) is 6.07 Å². The maximum absolute atomic E-state index is 12.5. The van der Waals surface area contributed by atoms with Gasteiger partial charge in [0.2, 0.25) is 0 Å². The van der Waals surface area contributed by atoms with E-state index in [0.29, 0.717) is 11.3 Å². The molecule has 6 heteroatoms. The Kier molecular flexibility index (Phi) is 5.37. The van der Waals surface area contributed by atoms with Crippen molar-refractivity contribution in [3.8, 4) is 5.75 Å². The summed E-state index contributed by atoms with van der Waals surface area (Å²) >= 11 is 0. The fourth-order valence-electron chi connectivity index (χ4n) is 1.76. The summed E-state index contributed by atoms with van der Waals surface area (Å²) in [6.07, 6.45) is 0. The number of amides is 1. The number of hydrogen-bond donors (Lipinski definition) is 1. The van der Waals surface area contributed by atoms with Crippen molar-refractivity contribution in [3.05, 3.63) is 23.8 Å². The van der Waals surface area contributed by atoms with Crippen LogP contribution in [0, 0.1) is 0 Å². The summed E-state index contributed by atoms with van der Waals surface area (Å²) in [5.74, 6) is -0.382. The molecule has 0 fully saturated rings. The number of anilines is 1. The summed E-state index contributed by atoms with van der Waals surface area (Å²) in [6, 6.07) is 4.80. The van der Waals surface area contributed by atoms with Gasteiger partial charge in [-0.2, -0.15) is 0 Å². The Morgan fingerprint density at radius 3 is 2.45 bits per heavy atom. The smallest absolute Gasteiger partial charge is 0.325 e. The number of carbonyl (C=O) groups is 2. The van der Waals surface area contributed by atoms with E-state index in [1.165, 1.54) is 19.1 Å². The second-order valence-corrected chi connectivity index (χ2v) is 4.52. The van der Waals surface area contributed by atoms with Gasteiger partial charge in [-0.15, -0.1) is 0 Å². The number of esters is 1. The fraction of sp³-hybridized carbons (Fsp3) is 0.429. The van der Waals surface area contributed by atoms with Gasteiger partial charge in [0.25, 0.3) is 5.91 Å². The van der Waals surface area contributed by atoms with Crippen molar-refractivity contribution >= 4 is 17.6 Å². The number of carbonyl (C=O) groups excluding carboxylic acids is 2. The van der Waals surface area contributed by atoms with E-state index in [2.05, 4.69) is 4.74 Å². The van der Waals surface area contributed by atoms with E-state index in [9.17, 15) is 9.59 Å². The zero-order valence-electron chi connectivity index (χ0n) is 12.2. The Morgan fingerprint density at radius 1 is 1.30 bits per heavy atom. The first kappa shape index (κ1) is 15.8. The molecular weight excluding hydrogens is 260 g/mol. The van der Waals surface area contributed by atoms with Gasteiger partial charge in [0.15, 0.2) is 0 Å². The first-order valence-corrected chi connectivity index (χ1v) is 6.22. The van der Waals surface area contributed by atoms with Gasteiger partial charge < -0.3 is 20.1 Å². The molecule has 0 atom stereocenters. The van der Waals surface area contributed by atoms with Crippen molar-refractivity contribution in [3.63, 3.8) is 0 Å². The molecular formula is C14H20N2O4. The molecule has 0 bridgehead atoms. The standard InChI is InChI=1S/C14H20N2O4/c1-9(2)16(8-12(17)20-4)14(18)10-6-5-7-11(19-3)13(10)15/h5-7,9H,8,15H2,1-4H3. The molecule has 1 rings (SSSR count). The first-order valence-electron chi connectivity index (χ1n) is 6.22. The van der Waals surface area contributed by atoms with Crippen LogP contribution in [0.3, 0.4) is 0 Å². The Bertz CT molecular complexity index is 500. The van der Waals surface area contributed by atoms with Gasteiger partial charge in [0, 0.05) is 6.04 Å². The number of ether oxygens (including phenoxy) is 2. The van der Waals surface area contributed by atoms with Crippen LogP contribution < -0.4 is 10.5 Å². The molecule has 0 saturated carbocycles. The molecule has 0 aromatic heterocycles. The molecule has 2 N–H and O–H groups in total. The number of para-hydroxylation sites is 1. The quantitative estimate of drug-likeness (QED) is 0.649. The molecule has 1 aromatic carbocycles. The second kappa shape index (κ2) is 6.79. The summed E-state index contributed by atoms with van der Waals surface area (Å²) < 4.78 is 9.69. The zero-order chi connectivity index (χ0) is 15.3. The molecule has 110 valence electrons. The SMILES string of the molecule is COC(=O)CN(C(=O)c1cccc(OC)c1N)C(C)C. The largest absolute Gasteiger partial charge is 0.495 e. The number of nitrogens with two attached hydrogens (primary N) is 1. The third kappa shape index (κ3) is 3.40. The van der Waals surface area contributed by atoms with Crippen LogP contribution in [0.2, 0.25) is 0 Å². The molecule has 1 amide bonds. The van der Waals surface area contributed by atoms with E-state index in [1.54, 1.807) is 18.2 Å². The Morgan fingerprint density at radius 2 is 1.95 bits per heavy atom. The molecule has 20 heavy (non-hydrogen) atoms. The van der Waals surface area contributed by atoms with E-state index < -0.39 is 5.97 Å². The molecule has 0 saturated heterocycles. The minimum atomic E-state index is -0.478. The number of nitrogens with zero attached hydrogens (tertiary/aromatic N) is 1. The van der Waals surface area contributed by atoms with Crippen LogP contribution in [0.5, 0.6) is 5.75 Å². The molecule has 0 unspecified atom stereocenters. The molecule has 6 nitrogen and oxygen atoms in total. The van der Waals surface area contributed by atoms with Gasteiger partial charge in [-0.05, 0) is 26.0 Å². The Hall–Kier alpha value is -2.24. The normalized spacial score (nSPS) is 10.2. The predicted octanol–water partition coefficient (Wildman–Crippen LogP) is 1.30. The maximum Gasteiger partial charge on any atom is 0.325 e. The van der Waals surface area contributed by atoms with E-state index in [0.717, 1.165) is 0 Å². The number of methoxy groups -OCH3 is 2. The van der Waals surface area contributed by atoms with Gasteiger partial charge >= 0.3 is 5.97 Å². The molecule has 0 heterocycles. The lowest BCUT2D eigenvalue weighted by Gasteiger charge is -2.26.